The second kappa shape index (κ2) is 8.98. The molecule has 3 aromatic heterocycles. The number of likely N-dealkylation sites (tertiary alicyclic amines) is 1. The minimum absolute atomic E-state index is 0.129. The number of nitrogen functional groups attached to an aromatic ring is 1. The number of anilines is 1. The van der Waals surface area contributed by atoms with Crippen LogP contribution in [0.25, 0.3) is 28.3 Å². The van der Waals surface area contributed by atoms with Crippen LogP contribution in [0.15, 0.2) is 36.7 Å². The van der Waals surface area contributed by atoms with Crippen molar-refractivity contribution < 1.29 is 8.78 Å². The lowest BCUT2D eigenvalue weighted by Gasteiger charge is -2.13. The van der Waals surface area contributed by atoms with E-state index in [1.165, 1.54) is 38.1 Å². The molecular weight excluding hydrogens is 430 g/mol. The average molecular weight is 452 g/mol. The van der Waals surface area contributed by atoms with E-state index in [1.54, 1.807) is 16.9 Å². The van der Waals surface area contributed by atoms with Crippen LogP contribution in [0.3, 0.4) is 0 Å². The van der Waals surface area contributed by atoms with Crippen LogP contribution < -0.4 is 5.73 Å². The van der Waals surface area contributed by atoms with Crippen LogP contribution >= 0.6 is 0 Å². The van der Waals surface area contributed by atoms with Gasteiger partial charge in [0.15, 0.2) is 17.5 Å². The Morgan fingerprint density at radius 1 is 1.03 bits per heavy atom. The van der Waals surface area contributed by atoms with Gasteiger partial charge in [-0.05, 0) is 67.5 Å². The van der Waals surface area contributed by atoms with Gasteiger partial charge in [0.2, 0.25) is 0 Å². The van der Waals surface area contributed by atoms with Crippen LogP contribution in [0.4, 0.5) is 14.6 Å². The molecule has 1 aliphatic heterocycles. The fourth-order valence-corrected chi connectivity index (χ4v) is 3.97. The van der Waals surface area contributed by atoms with Gasteiger partial charge in [-0.25, -0.2) is 13.8 Å². The zero-order valence-corrected chi connectivity index (χ0v) is 17.8. The molecule has 0 amide bonds. The Labute approximate surface area is 188 Å². The summed E-state index contributed by atoms with van der Waals surface area (Å²) < 4.78 is 31.0. The van der Waals surface area contributed by atoms with Crippen LogP contribution in [-0.4, -0.2) is 64.7 Å². The molecule has 10 nitrogen and oxygen atoms in total. The monoisotopic (exact) mass is 452 g/mol. The van der Waals surface area contributed by atoms with Crippen molar-refractivity contribution in [2.24, 2.45) is 0 Å². The quantitative estimate of drug-likeness (QED) is 0.454. The summed E-state index contributed by atoms with van der Waals surface area (Å²) in [4.78, 5) is 6.69. The number of rotatable bonds is 7. The molecule has 1 saturated heterocycles. The van der Waals surface area contributed by atoms with E-state index in [0.717, 1.165) is 30.3 Å². The normalized spacial score (nSPS) is 14.2. The molecule has 0 unspecified atom stereocenters. The van der Waals surface area contributed by atoms with Gasteiger partial charge in [0.05, 0.1) is 11.8 Å². The fraction of sp³-hybridized carbons (Fsp3) is 0.333. The Balaban J connectivity index is 1.39. The van der Waals surface area contributed by atoms with E-state index < -0.39 is 11.6 Å². The highest BCUT2D eigenvalue weighted by atomic mass is 19.2. The Bertz CT molecular complexity index is 1260. The minimum atomic E-state index is -1.06. The van der Waals surface area contributed by atoms with Gasteiger partial charge >= 0.3 is 0 Å². The maximum atomic E-state index is 14.3. The van der Waals surface area contributed by atoms with Gasteiger partial charge in [-0.3, -0.25) is 4.68 Å². The van der Waals surface area contributed by atoms with Gasteiger partial charge in [-0.2, -0.15) is 4.68 Å². The number of pyridine rings is 1. The number of nitrogens with two attached hydrogens (primary N) is 1. The van der Waals surface area contributed by atoms with E-state index in [1.807, 2.05) is 6.20 Å². The third kappa shape index (κ3) is 4.29. The molecule has 1 fully saturated rings. The summed E-state index contributed by atoms with van der Waals surface area (Å²) in [6.07, 6.45) is 6.96. The number of aryl methyl sites for hydroxylation is 1. The lowest BCUT2D eigenvalue weighted by Crippen LogP contribution is -2.21. The van der Waals surface area contributed by atoms with Gasteiger partial charge in [-0.1, -0.05) is 11.3 Å². The van der Waals surface area contributed by atoms with Crippen molar-refractivity contribution in [2.45, 2.75) is 25.8 Å². The summed E-state index contributed by atoms with van der Waals surface area (Å²) in [5.74, 6) is -1.80. The summed E-state index contributed by atoms with van der Waals surface area (Å²) in [7, 11) is 0. The predicted molar refractivity (Wildman–Crippen MR) is 116 cm³/mol. The zero-order chi connectivity index (χ0) is 22.8. The van der Waals surface area contributed by atoms with E-state index in [-0.39, 0.29) is 17.3 Å². The van der Waals surface area contributed by atoms with Crippen LogP contribution in [0.2, 0.25) is 0 Å². The summed E-state index contributed by atoms with van der Waals surface area (Å²) in [6, 6.07) is 5.48. The SMILES string of the molecule is Nc1ncc(-c2cn(CCCN3CCCC3)nn2)cc1-c1nnnn1-c1cccc(F)c1F. The van der Waals surface area contributed by atoms with E-state index in [2.05, 4.69) is 35.7 Å². The average Bonchev–Trinajstić information content (AvgIpc) is 3.58. The highest BCUT2D eigenvalue weighted by Crippen LogP contribution is 2.29. The number of tetrazole rings is 1. The van der Waals surface area contributed by atoms with Crippen LogP contribution in [-0.2, 0) is 6.54 Å². The highest BCUT2D eigenvalue weighted by molar-refractivity contribution is 5.75. The summed E-state index contributed by atoms with van der Waals surface area (Å²) in [6.45, 7) is 4.14. The number of hydrogen-bond donors (Lipinski definition) is 1. The molecule has 5 rings (SSSR count). The first-order valence-electron chi connectivity index (χ1n) is 10.7. The van der Waals surface area contributed by atoms with Crippen molar-refractivity contribution in [3.05, 3.63) is 48.3 Å². The lowest BCUT2D eigenvalue weighted by atomic mass is 10.1. The molecule has 1 aromatic carbocycles. The van der Waals surface area contributed by atoms with Gasteiger partial charge in [-0.15, -0.1) is 10.2 Å². The Morgan fingerprint density at radius 2 is 1.88 bits per heavy atom. The molecule has 2 N–H and O–H groups in total. The smallest absolute Gasteiger partial charge is 0.190 e. The second-order valence-electron chi connectivity index (χ2n) is 7.91. The number of aromatic nitrogens is 8. The molecule has 170 valence electrons. The first kappa shape index (κ1) is 21.1. The first-order chi connectivity index (χ1) is 16.1. The molecule has 4 aromatic rings. The Morgan fingerprint density at radius 3 is 2.73 bits per heavy atom. The van der Waals surface area contributed by atoms with Crippen molar-refractivity contribution in [3.63, 3.8) is 0 Å². The third-order valence-electron chi connectivity index (χ3n) is 5.68. The third-order valence-corrected chi connectivity index (χ3v) is 5.68. The lowest BCUT2D eigenvalue weighted by molar-refractivity contribution is 0.321. The van der Waals surface area contributed by atoms with Crippen LogP contribution in [0, 0.1) is 11.6 Å². The topological polar surface area (TPSA) is 116 Å². The molecule has 0 aliphatic carbocycles. The molecule has 33 heavy (non-hydrogen) atoms. The van der Waals surface area contributed by atoms with E-state index in [4.69, 9.17) is 5.73 Å². The van der Waals surface area contributed by atoms with Crippen molar-refractivity contribution in [1.82, 2.24) is 45.1 Å². The largest absolute Gasteiger partial charge is 0.383 e. The van der Waals surface area contributed by atoms with E-state index in [0.29, 0.717) is 16.8 Å². The molecule has 4 heterocycles. The molecule has 0 saturated carbocycles. The maximum Gasteiger partial charge on any atom is 0.190 e. The second-order valence-corrected chi connectivity index (χ2v) is 7.91. The number of nitrogens with zero attached hydrogens (tertiary/aromatic N) is 9. The Hall–Kier alpha value is -3.80. The maximum absolute atomic E-state index is 14.3. The first-order valence-corrected chi connectivity index (χ1v) is 10.7. The molecule has 1 aliphatic rings. The molecule has 0 atom stereocenters. The number of benzene rings is 1. The summed E-state index contributed by atoms with van der Waals surface area (Å²) >= 11 is 0. The van der Waals surface area contributed by atoms with Crippen molar-refractivity contribution in [3.8, 4) is 28.3 Å². The molecule has 0 radical (unpaired) electrons. The van der Waals surface area contributed by atoms with Crippen molar-refractivity contribution in [2.75, 3.05) is 25.4 Å². The molecular formula is C21H22F2N10. The van der Waals surface area contributed by atoms with Crippen molar-refractivity contribution >= 4 is 5.82 Å². The van der Waals surface area contributed by atoms with Gasteiger partial charge in [0.1, 0.15) is 17.2 Å². The van der Waals surface area contributed by atoms with Crippen molar-refractivity contribution in [1.29, 1.82) is 0 Å². The van der Waals surface area contributed by atoms with Crippen LogP contribution in [0.1, 0.15) is 19.3 Å². The highest BCUT2D eigenvalue weighted by Gasteiger charge is 2.20. The number of hydrogen-bond acceptors (Lipinski definition) is 8. The van der Waals surface area contributed by atoms with Gasteiger partial charge in [0.25, 0.3) is 0 Å². The van der Waals surface area contributed by atoms with E-state index >= 15 is 0 Å². The molecule has 12 heteroatoms. The zero-order valence-electron chi connectivity index (χ0n) is 17.8. The predicted octanol–water partition coefficient (Wildman–Crippen LogP) is 2.33. The fourth-order valence-electron chi connectivity index (χ4n) is 3.97. The van der Waals surface area contributed by atoms with Crippen LogP contribution in [0.5, 0.6) is 0 Å². The van der Waals surface area contributed by atoms with Gasteiger partial charge < -0.3 is 10.6 Å². The summed E-state index contributed by atoms with van der Waals surface area (Å²) in [5, 5.41) is 19.8. The summed E-state index contributed by atoms with van der Waals surface area (Å²) in [5.41, 5.74) is 7.56. The molecule has 0 spiro atoms. The van der Waals surface area contributed by atoms with Gasteiger partial charge in [0, 0.05) is 18.3 Å². The van der Waals surface area contributed by atoms with E-state index in [9.17, 15) is 8.78 Å². The minimum Gasteiger partial charge on any atom is -0.383 e. The molecule has 0 bridgehead atoms. The standard InChI is InChI=1S/C21H22F2N10/c22-16-5-3-6-18(19(16)23)33-21(27-28-30-33)15-11-14(12-25-20(15)24)17-13-32(29-26-17)10-4-9-31-7-1-2-8-31/h3,5-6,11-13H,1-2,4,7-10H2,(H2,24,25). The number of halogens is 2. The Kier molecular flexibility index (Phi) is 5.73.